The molecule has 0 bridgehead atoms. The number of benzene rings is 3. The van der Waals surface area contributed by atoms with Gasteiger partial charge in [0.25, 0.3) is 11.8 Å². The molecule has 5 N–H and O–H groups in total. The summed E-state index contributed by atoms with van der Waals surface area (Å²) in [6.45, 7) is 7.01. The molecular weight excluding hydrogens is 662 g/mol. The molecule has 1 aliphatic carbocycles. The summed E-state index contributed by atoms with van der Waals surface area (Å²) in [6.07, 6.45) is 2.16. The Morgan fingerprint density at radius 1 is 0.980 bits per heavy atom. The van der Waals surface area contributed by atoms with Gasteiger partial charge >= 0.3 is 11.9 Å². The van der Waals surface area contributed by atoms with E-state index in [1.807, 2.05) is 37.3 Å². The zero-order valence-electron chi connectivity index (χ0n) is 28.3. The lowest BCUT2D eigenvalue weighted by molar-refractivity contribution is 0.00681. The normalized spacial score (nSPS) is 13.5. The first kappa shape index (κ1) is 36.1. The Kier molecular flexibility index (Phi) is 10.4. The molecule has 51 heavy (non-hydrogen) atoms. The maximum atomic E-state index is 13.6. The summed E-state index contributed by atoms with van der Waals surface area (Å²) in [4.78, 5) is 55.3. The Bertz CT molecular complexity index is 2150. The number of carbonyl (C=O) groups excluding carboxylic acids is 3. The van der Waals surface area contributed by atoms with Gasteiger partial charge in [0.05, 0.1) is 17.8 Å². The third-order valence-electron chi connectivity index (χ3n) is 8.02. The average Bonchev–Trinajstić information content (AvgIpc) is 3.69. The second kappa shape index (κ2) is 14.7. The Balaban J connectivity index is 0.000000643. The van der Waals surface area contributed by atoms with Gasteiger partial charge in [0.15, 0.2) is 17.3 Å². The number of nitrogen functional groups attached to an aromatic ring is 1. The van der Waals surface area contributed by atoms with Crippen molar-refractivity contribution in [3.05, 3.63) is 129 Å². The van der Waals surface area contributed by atoms with Crippen molar-refractivity contribution < 1.29 is 37.8 Å². The molecule has 0 aliphatic heterocycles. The SMILES string of the molecule is Cc1c(C(=O)OC(C)(C)C)ccc2c1CC[C@@H]2NC(=O)c1cc(C(=O)NCc2ccc(F)c(F)c2)nc2c(C(=O)O)cnn12.Nc1ccccc1. The zero-order valence-corrected chi connectivity index (χ0v) is 28.3. The fourth-order valence-electron chi connectivity index (χ4n) is 5.58. The number of nitrogens with two attached hydrogens (primary N) is 1. The van der Waals surface area contributed by atoms with Crippen LogP contribution in [0.25, 0.3) is 5.65 Å². The first-order chi connectivity index (χ1) is 24.1. The lowest BCUT2D eigenvalue weighted by Crippen LogP contribution is -2.31. The molecule has 3 aromatic carbocycles. The van der Waals surface area contributed by atoms with Crippen LogP contribution in [-0.2, 0) is 17.7 Å². The predicted molar refractivity (Wildman–Crippen MR) is 183 cm³/mol. The third-order valence-corrected chi connectivity index (χ3v) is 8.02. The quantitative estimate of drug-likeness (QED) is 0.125. The van der Waals surface area contributed by atoms with E-state index in [-0.39, 0.29) is 34.7 Å². The number of anilines is 1. The molecule has 264 valence electrons. The highest BCUT2D eigenvalue weighted by Crippen LogP contribution is 2.35. The lowest BCUT2D eigenvalue weighted by atomic mass is 9.97. The van der Waals surface area contributed by atoms with E-state index in [4.69, 9.17) is 10.5 Å². The number of halogens is 2. The number of carbonyl (C=O) groups is 4. The van der Waals surface area contributed by atoms with E-state index in [0.29, 0.717) is 18.4 Å². The molecule has 2 amide bonds. The predicted octanol–water partition coefficient (Wildman–Crippen LogP) is 5.59. The summed E-state index contributed by atoms with van der Waals surface area (Å²) in [6, 6.07) is 16.8. The van der Waals surface area contributed by atoms with E-state index in [9.17, 15) is 33.1 Å². The minimum absolute atomic E-state index is 0.143. The Hall–Kier alpha value is -6.18. The standard InChI is InChI=1S/C31H29F2N5O6.C6H7N/c1-15-17-8-10-23(19(17)7-6-18(15)30(43)44-31(2,3)4)37-28(40)25-12-24(36-26-20(29(41)42)14-35-38(25)26)27(39)34-13-16-5-9-21(32)22(33)11-16;7-6-4-2-1-3-5-6/h5-7,9,11-12,14,23H,8,10,13H2,1-4H3,(H,34,39)(H,37,40)(H,41,42);1-5H,7H2/t23-;/m0./s1. The molecular formula is C37H36F2N6O6. The van der Waals surface area contributed by atoms with Crippen molar-refractivity contribution in [1.82, 2.24) is 25.2 Å². The van der Waals surface area contributed by atoms with Gasteiger partial charge in [-0.1, -0.05) is 30.3 Å². The van der Waals surface area contributed by atoms with E-state index < -0.39 is 47.0 Å². The molecule has 0 saturated carbocycles. The molecule has 0 radical (unpaired) electrons. The van der Waals surface area contributed by atoms with Crippen molar-refractivity contribution in [2.24, 2.45) is 0 Å². The zero-order chi connectivity index (χ0) is 37.0. The van der Waals surface area contributed by atoms with Crippen molar-refractivity contribution in [2.75, 3.05) is 5.73 Å². The number of rotatable bonds is 7. The Labute approximate surface area is 291 Å². The number of fused-ring (bicyclic) bond motifs is 2. The number of esters is 1. The topological polar surface area (TPSA) is 178 Å². The van der Waals surface area contributed by atoms with Crippen molar-refractivity contribution in [3.63, 3.8) is 0 Å². The van der Waals surface area contributed by atoms with Crippen LogP contribution in [0.15, 0.2) is 72.9 Å². The number of carboxylic acids is 1. The summed E-state index contributed by atoms with van der Waals surface area (Å²) < 4.78 is 33.4. The van der Waals surface area contributed by atoms with Gasteiger partial charge in [0, 0.05) is 18.3 Å². The van der Waals surface area contributed by atoms with E-state index in [0.717, 1.165) is 45.2 Å². The lowest BCUT2D eigenvalue weighted by Gasteiger charge is -2.21. The minimum Gasteiger partial charge on any atom is -0.477 e. The summed E-state index contributed by atoms with van der Waals surface area (Å²) in [5.74, 6) is -5.33. The van der Waals surface area contributed by atoms with Gasteiger partial charge in [0.1, 0.15) is 22.6 Å². The molecule has 2 heterocycles. The van der Waals surface area contributed by atoms with Crippen LogP contribution in [0, 0.1) is 18.6 Å². The number of carboxylic acid groups (broad SMARTS) is 1. The summed E-state index contributed by atoms with van der Waals surface area (Å²) in [5, 5.41) is 19.1. The second-order valence-corrected chi connectivity index (χ2v) is 12.8. The molecule has 0 saturated heterocycles. The molecule has 14 heteroatoms. The van der Waals surface area contributed by atoms with Crippen LogP contribution in [0.2, 0.25) is 0 Å². The number of hydrogen-bond acceptors (Lipinski definition) is 8. The number of aromatic nitrogens is 3. The number of hydrogen-bond donors (Lipinski definition) is 4. The Morgan fingerprint density at radius 3 is 2.33 bits per heavy atom. The van der Waals surface area contributed by atoms with Crippen LogP contribution in [0.3, 0.4) is 0 Å². The van der Waals surface area contributed by atoms with Crippen molar-refractivity contribution >= 4 is 35.1 Å². The van der Waals surface area contributed by atoms with Crippen LogP contribution in [0.5, 0.6) is 0 Å². The van der Waals surface area contributed by atoms with Crippen molar-refractivity contribution in [3.8, 4) is 0 Å². The van der Waals surface area contributed by atoms with Gasteiger partial charge in [-0.3, -0.25) is 9.59 Å². The number of nitrogens with zero attached hydrogens (tertiary/aromatic N) is 3. The molecule has 1 aliphatic rings. The third kappa shape index (κ3) is 8.35. The molecule has 6 rings (SSSR count). The van der Waals surface area contributed by atoms with E-state index >= 15 is 0 Å². The number of amides is 2. The van der Waals surface area contributed by atoms with Crippen LogP contribution in [-0.4, -0.2) is 49.1 Å². The highest BCUT2D eigenvalue weighted by Gasteiger charge is 2.30. The first-order valence-electron chi connectivity index (χ1n) is 15.9. The van der Waals surface area contributed by atoms with E-state index in [2.05, 4.69) is 20.7 Å². The van der Waals surface area contributed by atoms with Crippen molar-refractivity contribution in [2.45, 2.75) is 58.7 Å². The fraction of sp³-hybridized carbons (Fsp3) is 0.243. The maximum absolute atomic E-state index is 13.6. The fourth-order valence-corrected chi connectivity index (χ4v) is 5.58. The average molecular weight is 699 g/mol. The Morgan fingerprint density at radius 2 is 1.71 bits per heavy atom. The number of nitrogens with one attached hydrogen (secondary N) is 2. The van der Waals surface area contributed by atoms with Gasteiger partial charge in [-0.15, -0.1) is 0 Å². The van der Waals surface area contributed by atoms with Gasteiger partial charge in [-0.05, 0) is 93.1 Å². The molecule has 0 unspecified atom stereocenters. The van der Waals surface area contributed by atoms with Crippen LogP contribution < -0.4 is 16.4 Å². The molecule has 1 atom stereocenters. The van der Waals surface area contributed by atoms with Crippen molar-refractivity contribution in [1.29, 1.82) is 0 Å². The summed E-state index contributed by atoms with van der Waals surface area (Å²) in [5.41, 5.74) is 7.77. The van der Waals surface area contributed by atoms with Crippen LogP contribution in [0.4, 0.5) is 14.5 Å². The minimum atomic E-state index is -1.36. The van der Waals surface area contributed by atoms with Gasteiger partial charge < -0.3 is 26.2 Å². The smallest absolute Gasteiger partial charge is 0.341 e. The first-order valence-corrected chi connectivity index (χ1v) is 15.9. The molecule has 0 fully saturated rings. The van der Waals surface area contributed by atoms with Gasteiger partial charge in [0.2, 0.25) is 0 Å². The highest BCUT2D eigenvalue weighted by atomic mass is 19.2. The number of ether oxygens (including phenoxy) is 1. The molecule has 12 nitrogen and oxygen atoms in total. The highest BCUT2D eigenvalue weighted by molar-refractivity contribution is 6.01. The molecule has 0 spiro atoms. The van der Waals surface area contributed by atoms with Crippen LogP contribution >= 0.6 is 0 Å². The maximum Gasteiger partial charge on any atom is 0.341 e. The largest absolute Gasteiger partial charge is 0.477 e. The van der Waals surface area contributed by atoms with Crippen LogP contribution in [0.1, 0.15) is 97.2 Å². The molecule has 2 aromatic heterocycles. The van der Waals surface area contributed by atoms with E-state index in [1.54, 1.807) is 32.9 Å². The monoisotopic (exact) mass is 698 g/mol. The molecule has 5 aromatic rings. The number of para-hydroxylation sites is 1. The summed E-state index contributed by atoms with van der Waals surface area (Å²) in [7, 11) is 0. The van der Waals surface area contributed by atoms with Gasteiger partial charge in [-0.2, -0.15) is 5.10 Å². The number of aromatic carboxylic acids is 1. The van der Waals surface area contributed by atoms with E-state index in [1.165, 1.54) is 12.1 Å². The summed E-state index contributed by atoms with van der Waals surface area (Å²) >= 11 is 0. The van der Waals surface area contributed by atoms with Gasteiger partial charge in [-0.25, -0.2) is 27.9 Å². The second-order valence-electron chi connectivity index (χ2n) is 12.8.